The summed E-state index contributed by atoms with van der Waals surface area (Å²) >= 11 is 0. The molecule has 2 atom stereocenters. The van der Waals surface area contributed by atoms with Crippen LogP contribution in [-0.4, -0.2) is 87.4 Å². The fourth-order valence-corrected chi connectivity index (χ4v) is 6.42. The maximum atomic E-state index is 12.7. The Morgan fingerprint density at radius 1 is 0.527 bits per heavy atom. The van der Waals surface area contributed by atoms with Crippen LogP contribution < -0.4 is 0 Å². The second-order valence-electron chi connectivity index (χ2n) is 16.7. The van der Waals surface area contributed by atoms with E-state index in [4.69, 9.17) is 18.9 Å². The lowest BCUT2D eigenvalue weighted by Crippen LogP contribution is -2.40. The van der Waals surface area contributed by atoms with Crippen LogP contribution >= 0.6 is 0 Å². The molecule has 9 nitrogen and oxygen atoms in total. The lowest BCUT2D eigenvalue weighted by molar-refractivity contribution is -0.870. The molecule has 0 bridgehead atoms. The summed E-state index contributed by atoms with van der Waals surface area (Å²) in [6.07, 6.45) is 36.9. The zero-order chi connectivity index (χ0) is 40.7. The average molecular weight is 783 g/mol. The third-order valence-corrected chi connectivity index (χ3v) is 10.0. The summed E-state index contributed by atoms with van der Waals surface area (Å²) in [6.45, 7) is 4.88. The van der Waals surface area contributed by atoms with E-state index in [1.165, 1.54) is 122 Å². The lowest BCUT2D eigenvalue weighted by atomic mass is 10.0. The SMILES string of the molecule is CCCCCCCCC/C=C\CCCCCCCC(=O)OC(COC(=O)CCCCCCCCCCCCCCCC)COC(OCC[N+](C)(C)C)C(=O)O. The molecule has 0 saturated carbocycles. The van der Waals surface area contributed by atoms with E-state index in [2.05, 4.69) is 26.0 Å². The van der Waals surface area contributed by atoms with Gasteiger partial charge in [-0.2, -0.15) is 0 Å². The Hall–Kier alpha value is -1.97. The van der Waals surface area contributed by atoms with Crippen LogP contribution in [0.3, 0.4) is 0 Å². The van der Waals surface area contributed by atoms with Crippen LogP contribution in [0.5, 0.6) is 0 Å². The number of carbonyl (C=O) groups is 3. The molecule has 1 N–H and O–H groups in total. The highest BCUT2D eigenvalue weighted by Crippen LogP contribution is 2.15. The maximum absolute atomic E-state index is 12.7. The summed E-state index contributed by atoms with van der Waals surface area (Å²) in [5.74, 6) is -2.01. The topological polar surface area (TPSA) is 108 Å². The number of likely N-dealkylation sites (N-methyl/N-ethyl adjacent to an activating group) is 1. The number of aliphatic carboxylic acids is 1. The van der Waals surface area contributed by atoms with Crippen molar-refractivity contribution in [2.24, 2.45) is 0 Å². The smallest absolute Gasteiger partial charge is 0.361 e. The Morgan fingerprint density at radius 3 is 1.35 bits per heavy atom. The first-order chi connectivity index (χ1) is 26.6. The van der Waals surface area contributed by atoms with Crippen LogP contribution in [0.25, 0.3) is 0 Å². The summed E-state index contributed by atoms with van der Waals surface area (Å²) in [6, 6.07) is 0. The first-order valence-corrected chi connectivity index (χ1v) is 22.9. The zero-order valence-electron chi connectivity index (χ0n) is 36.6. The highest BCUT2D eigenvalue weighted by molar-refractivity contribution is 5.71. The number of carboxylic acids is 1. The molecule has 324 valence electrons. The number of ether oxygens (including phenoxy) is 4. The highest BCUT2D eigenvalue weighted by atomic mass is 16.7. The largest absolute Gasteiger partial charge is 0.477 e. The van der Waals surface area contributed by atoms with Gasteiger partial charge in [-0.15, -0.1) is 0 Å². The molecule has 0 aromatic heterocycles. The molecule has 9 heteroatoms. The fraction of sp³-hybridized carbons (Fsp3) is 0.891. The number of hydrogen-bond acceptors (Lipinski definition) is 7. The molecular formula is C46H88NO8+. The third kappa shape index (κ3) is 40.0. The molecule has 0 amide bonds. The van der Waals surface area contributed by atoms with Gasteiger partial charge in [0.15, 0.2) is 6.10 Å². The molecule has 2 unspecified atom stereocenters. The number of quaternary nitrogens is 1. The van der Waals surface area contributed by atoms with Crippen molar-refractivity contribution in [3.63, 3.8) is 0 Å². The van der Waals surface area contributed by atoms with E-state index in [-0.39, 0.29) is 32.2 Å². The van der Waals surface area contributed by atoms with Crippen molar-refractivity contribution in [2.45, 2.75) is 219 Å². The third-order valence-electron chi connectivity index (χ3n) is 10.0. The van der Waals surface area contributed by atoms with Crippen LogP contribution in [0.4, 0.5) is 0 Å². The number of unbranched alkanes of at least 4 members (excludes halogenated alkanes) is 25. The summed E-state index contributed by atoms with van der Waals surface area (Å²) in [7, 11) is 5.96. The Balaban J connectivity index is 4.43. The fourth-order valence-electron chi connectivity index (χ4n) is 6.42. The van der Waals surface area contributed by atoms with Crippen molar-refractivity contribution in [3.8, 4) is 0 Å². The summed E-state index contributed by atoms with van der Waals surface area (Å²) in [4.78, 5) is 37.1. The van der Waals surface area contributed by atoms with E-state index < -0.39 is 24.3 Å². The van der Waals surface area contributed by atoms with Gasteiger partial charge >= 0.3 is 17.9 Å². The molecule has 0 rings (SSSR count). The predicted octanol–water partition coefficient (Wildman–Crippen LogP) is 11.9. The van der Waals surface area contributed by atoms with Crippen LogP contribution in [0.2, 0.25) is 0 Å². The van der Waals surface area contributed by atoms with E-state index >= 15 is 0 Å². The van der Waals surface area contributed by atoms with Gasteiger partial charge in [0, 0.05) is 12.8 Å². The van der Waals surface area contributed by atoms with Crippen LogP contribution in [-0.2, 0) is 33.3 Å². The molecule has 0 heterocycles. The van der Waals surface area contributed by atoms with Gasteiger partial charge in [0.2, 0.25) is 0 Å². The van der Waals surface area contributed by atoms with Gasteiger partial charge in [-0.1, -0.05) is 167 Å². The van der Waals surface area contributed by atoms with E-state index in [1.54, 1.807) is 0 Å². The van der Waals surface area contributed by atoms with Gasteiger partial charge in [0.25, 0.3) is 6.29 Å². The van der Waals surface area contributed by atoms with Gasteiger partial charge in [-0.05, 0) is 38.5 Å². The Labute approximate surface area is 338 Å². The van der Waals surface area contributed by atoms with E-state index in [0.717, 1.165) is 51.4 Å². The minimum atomic E-state index is -1.51. The van der Waals surface area contributed by atoms with Gasteiger partial charge in [-0.3, -0.25) is 9.59 Å². The number of esters is 2. The van der Waals surface area contributed by atoms with Crippen LogP contribution in [0, 0.1) is 0 Å². The molecule has 0 aliphatic rings. The summed E-state index contributed by atoms with van der Waals surface area (Å²) < 4.78 is 22.7. The van der Waals surface area contributed by atoms with E-state index in [1.807, 2.05) is 21.1 Å². The Kier molecular flexibility index (Phi) is 37.5. The molecule has 0 radical (unpaired) electrons. The molecule has 0 aromatic rings. The van der Waals surface area contributed by atoms with Gasteiger partial charge in [0.1, 0.15) is 13.2 Å². The van der Waals surface area contributed by atoms with Crippen molar-refractivity contribution >= 4 is 17.9 Å². The molecule has 0 aliphatic heterocycles. The highest BCUT2D eigenvalue weighted by Gasteiger charge is 2.25. The molecule has 0 saturated heterocycles. The Bertz CT molecular complexity index is 918. The lowest BCUT2D eigenvalue weighted by Gasteiger charge is -2.25. The van der Waals surface area contributed by atoms with Gasteiger partial charge in [0.05, 0.1) is 34.4 Å². The van der Waals surface area contributed by atoms with Crippen molar-refractivity contribution in [1.82, 2.24) is 0 Å². The van der Waals surface area contributed by atoms with E-state index in [9.17, 15) is 19.5 Å². The first-order valence-electron chi connectivity index (χ1n) is 22.9. The van der Waals surface area contributed by atoms with Crippen LogP contribution in [0.1, 0.15) is 206 Å². The number of rotatable bonds is 42. The van der Waals surface area contributed by atoms with Crippen molar-refractivity contribution in [3.05, 3.63) is 12.2 Å². The van der Waals surface area contributed by atoms with Crippen LogP contribution in [0.15, 0.2) is 12.2 Å². The molecule has 0 fully saturated rings. The minimum absolute atomic E-state index is 0.180. The van der Waals surface area contributed by atoms with Gasteiger partial charge in [-0.25, -0.2) is 4.79 Å². The Morgan fingerprint density at radius 2 is 0.927 bits per heavy atom. The van der Waals surface area contributed by atoms with Crippen molar-refractivity contribution in [2.75, 3.05) is 47.5 Å². The van der Waals surface area contributed by atoms with Gasteiger partial charge < -0.3 is 28.5 Å². The predicted molar refractivity (Wildman–Crippen MR) is 226 cm³/mol. The summed E-state index contributed by atoms with van der Waals surface area (Å²) in [5, 5.41) is 9.63. The number of nitrogens with zero attached hydrogens (tertiary/aromatic N) is 1. The second kappa shape index (κ2) is 38.9. The summed E-state index contributed by atoms with van der Waals surface area (Å²) in [5.41, 5.74) is 0. The number of carbonyl (C=O) groups excluding carboxylic acids is 2. The molecule has 0 aromatic carbocycles. The molecule has 0 spiro atoms. The van der Waals surface area contributed by atoms with Crippen molar-refractivity contribution < 1.29 is 42.9 Å². The maximum Gasteiger partial charge on any atom is 0.361 e. The standard InChI is InChI=1S/C46H87NO8/c1-6-8-10-12-14-16-18-20-22-23-25-27-29-31-33-35-37-44(49)55-42(41-54-46(45(50)51)52-39-38-47(3,4)5)40-53-43(48)36-34-32-30-28-26-24-21-19-17-15-13-11-9-7-2/h22-23,42,46H,6-21,24-41H2,1-5H3/p+1/b23-22-. The molecule has 0 aliphatic carbocycles. The quantitative estimate of drug-likeness (QED) is 0.0214. The van der Waals surface area contributed by atoms with E-state index in [0.29, 0.717) is 23.9 Å². The zero-order valence-corrected chi connectivity index (χ0v) is 36.6. The first kappa shape index (κ1) is 53.0. The number of carboxylic acid groups (broad SMARTS) is 1. The number of allylic oxidation sites excluding steroid dienone is 2. The van der Waals surface area contributed by atoms with Crippen molar-refractivity contribution in [1.29, 1.82) is 0 Å². The minimum Gasteiger partial charge on any atom is -0.477 e. The second-order valence-corrected chi connectivity index (χ2v) is 16.7. The normalized spacial score (nSPS) is 13.0. The monoisotopic (exact) mass is 783 g/mol. The molecular weight excluding hydrogens is 695 g/mol. The number of hydrogen-bond donors (Lipinski definition) is 1. The molecule has 55 heavy (non-hydrogen) atoms. The average Bonchev–Trinajstić information content (AvgIpc) is 3.14.